The number of carbonyl (C=O) groups is 1. The molecule has 0 heterocycles. The van der Waals surface area contributed by atoms with Crippen LogP contribution in [0, 0.1) is 5.21 Å². The number of hydrogen-bond acceptors (Lipinski definition) is 4. The van der Waals surface area contributed by atoms with Gasteiger partial charge in [-0.15, -0.1) is 0 Å². The summed E-state index contributed by atoms with van der Waals surface area (Å²) >= 11 is 0. The molecule has 0 fully saturated rings. The molecule has 0 aliphatic carbocycles. The largest absolute Gasteiger partial charge is 0.739 e. The summed E-state index contributed by atoms with van der Waals surface area (Å²) in [5, 5.41) is 12.8. The number of nitrogens with zero attached hydrogens (tertiary/aromatic N) is 1. The Morgan fingerprint density at radius 3 is 2.04 bits per heavy atom. The van der Waals surface area contributed by atoms with E-state index >= 15 is 0 Å². The summed E-state index contributed by atoms with van der Waals surface area (Å²) in [6, 6.07) is 18.7. The predicted octanol–water partition coefficient (Wildman–Crippen LogP) is 5.27. The number of halogens is 3. The zero-order valence-corrected chi connectivity index (χ0v) is 13.9. The number of alkyl halides is 3. The maximum absolute atomic E-state index is 13.2. The van der Waals surface area contributed by atoms with Gasteiger partial charge >= 0.3 is 6.18 Å². The minimum absolute atomic E-state index is 0.0802. The van der Waals surface area contributed by atoms with Crippen molar-refractivity contribution in [3.8, 4) is 0 Å². The Hall–Kier alpha value is -3.32. The van der Waals surface area contributed by atoms with Gasteiger partial charge in [0, 0.05) is 11.1 Å². The van der Waals surface area contributed by atoms with Gasteiger partial charge in [0.1, 0.15) is 0 Å². The zero-order valence-electron chi connectivity index (χ0n) is 13.9. The quantitative estimate of drug-likeness (QED) is 0.490. The average Bonchev–Trinajstić information content (AvgIpc) is 2.67. The molecule has 0 aromatic heterocycles. The van der Waals surface area contributed by atoms with Crippen molar-refractivity contribution in [1.82, 2.24) is 0 Å². The van der Waals surface area contributed by atoms with Gasteiger partial charge in [-0.1, -0.05) is 48.5 Å². The van der Waals surface area contributed by atoms with Crippen molar-refractivity contribution >= 4 is 17.2 Å². The second-order valence-electron chi connectivity index (χ2n) is 5.66. The van der Waals surface area contributed by atoms with Gasteiger partial charge < -0.3 is 15.8 Å². The number of benzene rings is 3. The summed E-state index contributed by atoms with van der Waals surface area (Å²) in [6.45, 7) is 0. The Morgan fingerprint density at radius 1 is 0.815 bits per heavy atom. The van der Waals surface area contributed by atoms with Crippen LogP contribution in [-0.4, -0.2) is 5.78 Å². The highest BCUT2D eigenvalue weighted by Gasteiger charge is 2.35. The van der Waals surface area contributed by atoms with Gasteiger partial charge in [-0.25, -0.2) is 0 Å². The van der Waals surface area contributed by atoms with Gasteiger partial charge in [-0.05, 0) is 30.3 Å². The molecule has 1 N–H and O–H groups in total. The topological polar surface area (TPSA) is 55.4 Å². The molecule has 0 bridgehead atoms. The molecule has 3 aromatic rings. The maximum Gasteiger partial charge on any atom is 0.417 e. The number of hydrazine groups is 1. The predicted molar refractivity (Wildman–Crippen MR) is 97.2 cm³/mol. The van der Waals surface area contributed by atoms with Crippen molar-refractivity contribution in [3.05, 3.63) is 101 Å². The van der Waals surface area contributed by atoms with E-state index in [0.29, 0.717) is 10.9 Å². The Labute approximate surface area is 153 Å². The molecule has 0 atom stereocenters. The summed E-state index contributed by atoms with van der Waals surface area (Å²) in [5.41, 5.74) is 1.27. The number of anilines is 2. The van der Waals surface area contributed by atoms with Crippen molar-refractivity contribution < 1.29 is 18.0 Å². The lowest BCUT2D eigenvalue weighted by Gasteiger charge is -2.33. The molecule has 0 spiro atoms. The SMILES string of the molecule is O=C(c1ccccc1N([O-])Nc1ccccc1)c1ccccc1C(F)(F)F. The molecular formula is C20H14F3N2O2-. The van der Waals surface area contributed by atoms with E-state index < -0.39 is 23.1 Å². The van der Waals surface area contributed by atoms with Crippen molar-refractivity contribution in [2.24, 2.45) is 0 Å². The van der Waals surface area contributed by atoms with Crippen molar-refractivity contribution in [2.75, 3.05) is 10.6 Å². The Balaban J connectivity index is 1.98. The third-order valence-corrected chi connectivity index (χ3v) is 3.85. The smallest absolute Gasteiger partial charge is 0.417 e. The van der Waals surface area contributed by atoms with Crippen LogP contribution in [0.2, 0.25) is 0 Å². The van der Waals surface area contributed by atoms with E-state index in [4.69, 9.17) is 0 Å². The van der Waals surface area contributed by atoms with Crippen molar-refractivity contribution in [2.45, 2.75) is 6.18 Å². The summed E-state index contributed by atoms with van der Waals surface area (Å²) in [7, 11) is 0. The fraction of sp³-hybridized carbons (Fsp3) is 0.0500. The summed E-state index contributed by atoms with van der Waals surface area (Å²) in [4.78, 5) is 12.8. The molecule has 138 valence electrons. The lowest BCUT2D eigenvalue weighted by molar-refractivity contribution is -0.137. The van der Waals surface area contributed by atoms with Gasteiger partial charge in [-0.2, -0.15) is 13.2 Å². The van der Waals surface area contributed by atoms with E-state index in [2.05, 4.69) is 5.43 Å². The maximum atomic E-state index is 13.2. The fourth-order valence-electron chi connectivity index (χ4n) is 2.61. The molecule has 0 radical (unpaired) electrons. The van der Waals surface area contributed by atoms with Gasteiger partial charge in [0.2, 0.25) is 0 Å². The first kappa shape index (κ1) is 18.5. The monoisotopic (exact) mass is 371 g/mol. The third-order valence-electron chi connectivity index (χ3n) is 3.85. The van der Waals surface area contributed by atoms with Crippen LogP contribution in [0.15, 0.2) is 78.9 Å². The van der Waals surface area contributed by atoms with E-state index in [0.717, 1.165) is 12.1 Å². The summed E-state index contributed by atoms with van der Waals surface area (Å²) < 4.78 is 39.7. The van der Waals surface area contributed by atoms with Gasteiger partial charge in [0.15, 0.2) is 5.78 Å². The Bertz CT molecular complexity index is 943. The van der Waals surface area contributed by atoms with Crippen LogP contribution in [0.4, 0.5) is 24.5 Å². The highest BCUT2D eigenvalue weighted by atomic mass is 19.4. The molecular weight excluding hydrogens is 357 g/mol. The van der Waals surface area contributed by atoms with E-state index in [1.165, 1.54) is 36.4 Å². The molecule has 0 unspecified atom stereocenters. The molecule has 0 aliphatic heterocycles. The van der Waals surface area contributed by atoms with Crippen molar-refractivity contribution in [1.29, 1.82) is 0 Å². The second-order valence-corrected chi connectivity index (χ2v) is 5.66. The molecule has 7 heteroatoms. The van der Waals surface area contributed by atoms with Crippen LogP contribution in [0.3, 0.4) is 0 Å². The summed E-state index contributed by atoms with van der Waals surface area (Å²) in [6.07, 6.45) is -4.68. The van der Waals surface area contributed by atoms with E-state index in [9.17, 15) is 23.2 Å². The van der Waals surface area contributed by atoms with Crippen LogP contribution in [0.1, 0.15) is 21.5 Å². The average molecular weight is 371 g/mol. The van der Waals surface area contributed by atoms with Gasteiger partial charge in [0.25, 0.3) is 0 Å². The minimum atomic E-state index is -4.68. The van der Waals surface area contributed by atoms with Gasteiger partial charge in [-0.3, -0.25) is 4.79 Å². The van der Waals surface area contributed by atoms with E-state index in [1.807, 2.05) is 0 Å². The molecule has 0 amide bonds. The molecule has 0 saturated heterocycles. The van der Waals surface area contributed by atoms with Crippen LogP contribution in [-0.2, 0) is 6.18 Å². The third kappa shape index (κ3) is 4.09. The van der Waals surface area contributed by atoms with E-state index in [-0.39, 0.29) is 11.3 Å². The summed E-state index contributed by atoms with van der Waals surface area (Å²) in [5.74, 6) is -0.880. The standard InChI is InChI=1S/C20H14F3N2O2/c21-20(22,23)17-12-6-4-10-15(17)19(26)16-11-5-7-13-18(16)25(27)24-14-8-2-1-3-9-14/h1-13,24H/q-1. The lowest BCUT2D eigenvalue weighted by Crippen LogP contribution is -2.25. The van der Waals surface area contributed by atoms with Crippen LogP contribution in [0.5, 0.6) is 0 Å². The Morgan fingerprint density at radius 2 is 1.37 bits per heavy atom. The second kappa shape index (κ2) is 7.51. The fourth-order valence-corrected chi connectivity index (χ4v) is 2.61. The number of para-hydroxylation sites is 2. The zero-order chi connectivity index (χ0) is 19.4. The molecule has 3 aromatic carbocycles. The number of rotatable bonds is 5. The Kier molecular flexibility index (Phi) is 5.14. The number of carbonyl (C=O) groups excluding carboxylic acids is 1. The van der Waals surface area contributed by atoms with Crippen LogP contribution >= 0.6 is 0 Å². The molecule has 0 aliphatic rings. The van der Waals surface area contributed by atoms with Crippen molar-refractivity contribution in [3.63, 3.8) is 0 Å². The highest BCUT2D eigenvalue weighted by molar-refractivity contribution is 6.13. The first-order valence-corrected chi connectivity index (χ1v) is 7.97. The molecule has 27 heavy (non-hydrogen) atoms. The lowest BCUT2D eigenvalue weighted by atomic mass is 9.97. The van der Waals surface area contributed by atoms with Crippen LogP contribution in [0.25, 0.3) is 0 Å². The minimum Gasteiger partial charge on any atom is -0.739 e. The highest BCUT2D eigenvalue weighted by Crippen LogP contribution is 2.34. The molecule has 0 saturated carbocycles. The van der Waals surface area contributed by atoms with Gasteiger partial charge in [0.05, 0.1) is 16.9 Å². The number of ketones is 1. The molecule has 3 rings (SSSR count). The molecule has 4 nitrogen and oxygen atoms in total. The first-order valence-electron chi connectivity index (χ1n) is 7.97. The van der Waals surface area contributed by atoms with E-state index in [1.54, 1.807) is 30.3 Å². The normalized spacial score (nSPS) is 11.1. The van der Waals surface area contributed by atoms with Crippen LogP contribution < -0.4 is 10.6 Å². The number of hydrogen-bond donors (Lipinski definition) is 1. The number of nitrogens with one attached hydrogen (secondary N) is 1. The first-order chi connectivity index (χ1) is 12.9.